The Morgan fingerprint density at radius 2 is 1.44 bits per heavy atom. The highest BCUT2D eigenvalue weighted by atomic mass is 28.4. The Hall–Kier alpha value is -2.03. The maximum absolute atomic E-state index is 13.3. The number of hydrogen-bond acceptors (Lipinski definition) is 10. The largest absolute Gasteiger partial charge is 0.479 e. The molecule has 0 aromatic carbocycles. The summed E-state index contributed by atoms with van der Waals surface area (Å²) in [6, 6.07) is -2.99. The van der Waals surface area contributed by atoms with Gasteiger partial charge in [-0.3, -0.25) is 19.2 Å². The van der Waals surface area contributed by atoms with Gasteiger partial charge in [0.05, 0.1) is 24.2 Å². The van der Waals surface area contributed by atoms with E-state index >= 15 is 0 Å². The Labute approximate surface area is 258 Å². The van der Waals surface area contributed by atoms with Crippen molar-refractivity contribution in [3.63, 3.8) is 0 Å². The summed E-state index contributed by atoms with van der Waals surface area (Å²) in [5.41, 5.74) is 14.5. The Morgan fingerprint density at radius 1 is 0.953 bits per heavy atom. The number of carboxylic acid groups (broad SMARTS) is 1. The van der Waals surface area contributed by atoms with Crippen LogP contribution >= 0.6 is 0 Å². The number of carboxylic acids is 1. The number of rotatable bonds is 12. The molecular formula is C30H58N4O8Si. The Kier molecular flexibility index (Phi) is 15.6. The van der Waals surface area contributed by atoms with Crippen LogP contribution < -0.4 is 17.2 Å². The number of amides is 2. The van der Waals surface area contributed by atoms with Crippen LogP contribution in [-0.2, 0) is 28.4 Å². The van der Waals surface area contributed by atoms with E-state index < -0.39 is 85.7 Å². The summed E-state index contributed by atoms with van der Waals surface area (Å²) in [7, 11) is -1.26. The Balaban J connectivity index is 0.00000121. The molecule has 13 heteroatoms. The minimum atomic E-state index is -3.31. The number of carbonyl (C=O) groups excluding carboxylic acids is 4. The molecule has 7 unspecified atom stereocenters. The number of nitrogens with two attached hydrogens (primary N) is 3. The highest BCUT2D eigenvalue weighted by Crippen LogP contribution is 2.35. The van der Waals surface area contributed by atoms with Gasteiger partial charge < -0.3 is 31.8 Å². The predicted molar refractivity (Wildman–Crippen MR) is 168 cm³/mol. The normalized spacial score (nSPS) is 21.6. The third-order valence-corrected chi connectivity index (χ3v) is 10.4. The fourth-order valence-electron chi connectivity index (χ4n) is 4.78. The monoisotopic (exact) mass is 630 g/mol. The first-order chi connectivity index (χ1) is 19.4. The van der Waals surface area contributed by atoms with Gasteiger partial charge in [0.2, 0.25) is 11.8 Å². The molecule has 12 nitrogen and oxygen atoms in total. The van der Waals surface area contributed by atoms with Crippen LogP contribution in [0.3, 0.4) is 0 Å². The molecule has 7 atom stereocenters. The molecule has 2 amide bonds. The number of aliphatic carboxylic acids is 1. The summed E-state index contributed by atoms with van der Waals surface area (Å²) in [4.78, 5) is 65.4. The summed E-state index contributed by atoms with van der Waals surface area (Å²) < 4.78 is 6.18. The zero-order valence-corrected chi connectivity index (χ0v) is 29.1. The van der Waals surface area contributed by atoms with Gasteiger partial charge in [-0.2, -0.15) is 0 Å². The van der Waals surface area contributed by atoms with Crippen LogP contribution in [0.4, 0.5) is 0 Å². The van der Waals surface area contributed by atoms with Gasteiger partial charge in [0.1, 0.15) is 0 Å². The minimum absolute atomic E-state index is 0.0766. The number of nitrogens with zero attached hydrogens (tertiary/aromatic N) is 1. The van der Waals surface area contributed by atoms with E-state index in [0.717, 1.165) is 6.92 Å². The van der Waals surface area contributed by atoms with Gasteiger partial charge in [0.15, 0.2) is 19.9 Å². The molecule has 0 aliphatic carbocycles. The number of Topliss-reactive ketones (excluding diaryl/α,β-unsaturated/α-hetero) is 2. The third kappa shape index (κ3) is 10.5. The van der Waals surface area contributed by atoms with Crippen LogP contribution in [0.5, 0.6) is 0 Å². The summed E-state index contributed by atoms with van der Waals surface area (Å²) in [5, 5.41) is 19.8. The second-order valence-electron chi connectivity index (χ2n) is 14.0. The fourth-order valence-corrected chi connectivity index (χ4v) is 7.20. The second kappa shape index (κ2) is 16.3. The van der Waals surface area contributed by atoms with Crippen molar-refractivity contribution in [1.29, 1.82) is 0 Å². The third-order valence-electron chi connectivity index (χ3n) is 7.96. The highest BCUT2D eigenvalue weighted by Gasteiger charge is 2.63. The first-order valence-electron chi connectivity index (χ1n) is 15.2. The zero-order chi connectivity index (χ0) is 34.2. The maximum atomic E-state index is 13.3. The van der Waals surface area contributed by atoms with E-state index in [1.54, 1.807) is 27.7 Å². The number of aliphatic hydroxyl groups excluding tert-OH is 1. The van der Waals surface area contributed by atoms with Gasteiger partial charge in [-0.15, -0.1) is 0 Å². The lowest BCUT2D eigenvalue weighted by Gasteiger charge is -2.41. The van der Waals surface area contributed by atoms with Gasteiger partial charge in [0, 0.05) is 12.5 Å². The predicted octanol–water partition coefficient (Wildman–Crippen LogP) is 2.19. The second-order valence-corrected chi connectivity index (χ2v) is 18.2. The average Bonchev–Trinajstić information content (AvgIpc) is 2.87. The van der Waals surface area contributed by atoms with Crippen LogP contribution in [0.25, 0.3) is 0 Å². The van der Waals surface area contributed by atoms with E-state index in [4.69, 9.17) is 21.6 Å². The molecule has 0 bridgehead atoms. The molecule has 250 valence electrons. The van der Waals surface area contributed by atoms with E-state index in [1.165, 1.54) is 25.8 Å². The molecule has 0 aromatic heterocycles. The molecule has 8 N–H and O–H groups in total. The smallest absolute Gasteiger partial charge is 0.345 e. The van der Waals surface area contributed by atoms with Crippen molar-refractivity contribution < 1.29 is 38.6 Å². The Bertz CT molecular complexity index is 992. The lowest BCUT2D eigenvalue weighted by Crippen LogP contribution is -2.74. The van der Waals surface area contributed by atoms with E-state index in [2.05, 4.69) is 33.9 Å². The van der Waals surface area contributed by atoms with Crippen molar-refractivity contribution in [2.45, 2.75) is 143 Å². The molecule has 1 fully saturated rings. The SMILES string of the molecule is CC(C)(C)C1CCC[Si](C)(C)O1.CCC(C)C(N)C(=O)N(C(=O)C(N)C(C)C)C(C(=O)O)(C(=O)CC(C)O)C(=O)C(C)N. The van der Waals surface area contributed by atoms with E-state index in [-0.39, 0.29) is 4.90 Å². The standard InChI is InChI=1S/C20H36N4O7.C10H22OSi/c1-7-10(4)15(23)18(29)24(17(28)14(22)9(2)3)20(19(30)31,16(27)12(6)21)13(26)8-11(5)25;1-10(2,3)9-7-6-8-12(4,5)11-9/h9-12,14-15,25H,7-8,21-23H2,1-6H3,(H,30,31);9H,6-8H2,1-5H3. The van der Waals surface area contributed by atoms with Gasteiger partial charge in [-0.05, 0) is 56.7 Å². The molecule has 0 aromatic rings. The lowest BCUT2D eigenvalue weighted by molar-refractivity contribution is -0.176. The fraction of sp³-hybridized carbons (Fsp3) is 0.833. The number of ketones is 2. The van der Waals surface area contributed by atoms with E-state index in [9.17, 15) is 34.2 Å². The van der Waals surface area contributed by atoms with Crippen molar-refractivity contribution in [3.8, 4) is 0 Å². The molecule has 1 heterocycles. The minimum Gasteiger partial charge on any atom is -0.479 e. The van der Waals surface area contributed by atoms with Crippen molar-refractivity contribution in [2.75, 3.05) is 0 Å². The molecular weight excluding hydrogens is 572 g/mol. The topological polar surface area (TPSA) is 216 Å². The number of aliphatic hydroxyl groups is 1. The highest BCUT2D eigenvalue weighted by molar-refractivity contribution is 6.71. The summed E-state index contributed by atoms with van der Waals surface area (Å²) in [6.07, 6.45) is 1.36. The van der Waals surface area contributed by atoms with Gasteiger partial charge in [-0.25, -0.2) is 9.69 Å². The van der Waals surface area contributed by atoms with Crippen LogP contribution in [0.1, 0.15) is 88.0 Å². The van der Waals surface area contributed by atoms with Crippen molar-refractivity contribution >= 4 is 37.7 Å². The average molecular weight is 631 g/mol. The van der Waals surface area contributed by atoms with E-state index in [1.807, 2.05) is 0 Å². The Morgan fingerprint density at radius 3 is 1.77 bits per heavy atom. The van der Waals surface area contributed by atoms with E-state index in [0.29, 0.717) is 17.9 Å². The molecule has 1 rings (SSSR count). The molecule has 43 heavy (non-hydrogen) atoms. The molecule has 0 spiro atoms. The van der Waals surface area contributed by atoms with Gasteiger partial charge >= 0.3 is 5.97 Å². The van der Waals surface area contributed by atoms with Gasteiger partial charge in [-0.1, -0.05) is 61.3 Å². The first kappa shape index (κ1) is 41.0. The molecule has 0 radical (unpaired) electrons. The molecule has 1 aliphatic heterocycles. The molecule has 0 saturated carbocycles. The molecule has 1 saturated heterocycles. The number of imide groups is 1. The van der Waals surface area contributed by atoms with Crippen LogP contribution in [0.2, 0.25) is 19.1 Å². The van der Waals surface area contributed by atoms with Crippen LogP contribution in [0, 0.1) is 17.3 Å². The van der Waals surface area contributed by atoms with Crippen molar-refractivity contribution in [2.24, 2.45) is 34.5 Å². The van der Waals surface area contributed by atoms with Crippen molar-refractivity contribution in [1.82, 2.24) is 4.90 Å². The van der Waals surface area contributed by atoms with Crippen LogP contribution in [-0.4, -0.2) is 88.7 Å². The maximum Gasteiger partial charge on any atom is 0.345 e. The first-order valence-corrected chi connectivity index (χ1v) is 18.3. The molecule has 1 aliphatic rings. The van der Waals surface area contributed by atoms with Crippen LogP contribution in [0.15, 0.2) is 0 Å². The summed E-state index contributed by atoms with van der Waals surface area (Å²) in [6.45, 7) is 20.3. The van der Waals surface area contributed by atoms with Gasteiger partial charge in [0.25, 0.3) is 5.54 Å². The summed E-state index contributed by atoms with van der Waals surface area (Å²) in [5.74, 6) is -8.38. The lowest BCUT2D eigenvalue weighted by atomic mass is 9.79. The summed E-state index contributed by atoms with van der Waals surface area (Å²) >= 11 is 0. The van der Waals surface area contributed by atoms with Crippen molar-refractivity contribution in [3.05, 3.63) is 0 Å². The number of hydrogen-bond donors (Lipinski definition) is 5. The zero-order valence-electron chi connectivity index (χ0n) is 28.1. The number of carbonyl (C=O) groups is 5. The quantitative estimate of drug-likeness (QED) is 0.155.